The lowest BCUT2D eigenvalue weighted by molar-refractivity contribution is 0.221. The Morgan fingerprint density at radius 2 is 1.13 bits per heavy atom. The minimum absolute atomic E-state index is 0.648. The van der Waals surface area contributed by atoms with Crippen molar-refractivity contribution in [2.75, 3.05) is 52.4 Å². The summed E-state index contributed by atoms with van der Waals surface area (Å²) >= 11 is 0. The van der Waals surface area contributed by atoms with Crippen molar-refractivity contribution in [1.29, 1.82) is 0 Å². The number of hydrogen-bond donors (Lipinski definition) is 3. The van der Waals surface area contributed by atoms with Crippen molar-refractivity contribution in [3.8, 4) is 0 Å². The fourth-order valence-electron chi connectivity index (χ4n) is 1.80. The van der Waals surface area contributed by atoms with Gasteiger partial charge in [-0.25, -0.2) is 0 Å². The molecule has 4 heteroatoms. The molecule has 0 spiro atoms. The minimum atomic E-state index is 0.648. The van der Waals surface area contributed by atoms with Gasteiger partial charge in [0.2, 0.25) is 0 Å². The molecular weight excluding hydrogens is 188 g/mol. The van der Waals surface area contributed by atoms with Crippen LogP contribution < -0.4 is 16.0 Å². The molecule has 0 amide bonds. The summed E-state index contributed by atoms with van der Waals surface area (Å²) in [6, 6.07) is 0.648. The number of nitrogens with one attached hydrogen (secondary N) is 3. The van der Waals surface area contributed by atoms with Gasteiger partial charge in [-0.05, 0) is 13.8 Å². The van der Waals surface area contributed by atoms with Crippen LogP contribution in [0.25, 0.3) is 0 Å². The number of nitrogens with zero attached hydrogens (tertiary/aromatic N) is 1. The van der Waals surface area contributed by atoms with Crippen LogP contribution in [0.1, 0.15) is 13.8 Å². The van der Waals surface area contributed by atoms with E-state index in [0.29, 0.717) is 6.04 Å². The van der Waals surface area contributed by atoms with E-state index in [0.717, 1.165) is 52.4 Å². The lowest BCUT2D eigenvalue weighted by atomic mass is 10.3. The van der Waals surface area contributed by atoms with Crippen LogP contribution in [0.3, 0.4) is 0 Å². The number of rotatable bonds is 1. The van der Waals surface area contributed by atoms with Gasteiger partial charge in [-0.3, -0.25) is 4.90 Å². The monoisotopic (exact) mass is 214 g/mol. The van der Waals surface area contributed by atoms with Crippen LogP contribution in [-0.2, 0) is 0 Å². The Morgan fingerprint density at radius 1 is 0.733 bits per heavy atom. The van der Waals surface area contributed by atoms with Gasteiger partial charge in [0.1, 0.15) is 0 Å². The van der Waals surface area contributed by atoms with Crippen LogP contribution >= 0.6 is 0 Å². The molecule has 90 valence electrons. The van der Waals surface area contributed by atoms with Gasteiger partial charge in [0.05, 0.1) is 0 Å². The molecular formula is C11H26N4. The second-order valence-corrected chi connectivity index (χ2v) is 4.38. The van der Waals surface area contributed by atoms with E-state index in [1.54, 1.807) is 0 Å². The topological polar surface area (TPSA) is 39.3 Å². The van der Waals surface area contributed by atoms with Crippen molar-refractivity contribution in [3.05, 3.63) is 0 Å². The largest absolute Gasteiger partial charge is 0.314 e. The molecule has 0 bridgehead atoms. The first kappa shape index (κ1) is 12.9. The molecule has 0 atom stereocenters. The predicted octanol–water partition coefficient (Wildman–Crippen LogP) is -0.521. The SMILES string of the molecule is CC(C)N1CCNCCNCCNCC1. The highest BCUT2D eigenvalue weighted by molar-refractivity contribution is 4.67. The molecule has 1 aliphatic rings. The third kappa shape index (κ3) is 6.10. The lowest BCUT2D eigenvalue weighted by Crippen LogP contribution is -2.44. The van der Waals surface area contributed by atoms with E-state index in [1.807, 2.05) is 0 Å². The van der Waals surface area contributed by atoms with Gasteiger partial charge in [0, 0.05) is 58.4 Å². The van der Waals surface area contributed by atoms with Gasteiger partial charge in [-0.2, -0.15) is 0 Å². The van der Waals surface area contributed by atoms with Gasteiger partial charge >= 0.3 is 0 Å². The van der Waals surface area contributed by atoms with Crippen molar-refractivity contribution in [2.45, 2.75) is 19.9 Å². The molecule has 1 rings (SSSR count). The molecule has 3 N–H and O–H groups in total. The Labute approximate surface area is 93.8 Å². The standard InChI is InChI=1S/C11H26N4/c1-11(2)15-9-7-13-5-3-12-4-6-14-8-10-15/h11-14H,3-10H2,1-2H3. The van der Waals surface area contributed by atoms with Crippen LogP contribution in [0.5, 0.6) is 0 Å². The third-order valence-electron chi connectivity index (χ3n) is 2.84. The van der Waals surface area contributed by atoms with E-state index in [2.05, 4.69) is 34.7 Å². The van der Waals surface area contributed by atoms with E-state index in [4.69, 9.17) is 0 Å². The van der Waals surface area contributed by atoms with Crippen molar-refractivity contribution in [1.82, 2.24) is 20.9 Å². The summed E-state index contributed by atoms with van der Waals surface area (Å²) in [5, 5.41) is 10.3. The zero-order valence-electron chi connectivity index (χ0n) is 10.2. The van der Waals surface area contributed by atoms with E-state index in [-0.39, 0.29) is 0 Å². The molecule has 0 unspecified atom stereocenters. The van der Waals surface area contributed by atoms with Gasteiger partial charge < -0.3 is 16.0 Å². The molecule has 1 fully saturated rings. The van der Waals surface area contributed by atoms with Gasteiger partial charge in [-0.15, -0.1) is 0 Å². The lowest BCUT2D eigenvalue weighted by Gasteiger charge is -2.27. The van der Waals surface area contributed by atoms with Gasteiger partial charge in [0.15, 0.2) is 0 Å². The average Bonchev–Trinajstić information content (AvgIpc) is 2.18. The summed E-state index contributed by atoms with van der Waals surface area (Å²) in [6.07, 6.45) is 0. The summed E-state index contributed by atoms with van der Waals surface area (Å²) in [5.41, 5.74) is 0. The highest BCUT2D eigenvalue weighted by Gasteiger charge is 2.08. The van der Waals surface area contributed by atoms with E-state index >= 15 is 0 Å². The third-order valence-corrected chi connectivity index (χ3v) is 2.84. The van der Waals surface area contributed by atoms with E-state index < -0.39 is 0 Å². The molecule has 4 nitrogen and oxygen atoms in total. The summed E-state index contributed by atoms with van der Waals surface area (Å²) in [6.45, 7) is 13.3. The summed E-state index contributed by atoms with van der Waals surface area (Å²) in [4.78, 5) is 2.52. The van der Waals surface area contributed by atoms with E-state index in [1.165, 1.54) is 0 Å². The van der Waals surface area contributed by atoms with Crippen LogP contribution in [-0.4, -0.2) is 63.3 Å². The first-order chi connectivity index (χ1) is 7.30. The summed E-state index contributed by atoms with van der Waals surface area (Å²) in [7, 11) is 0. The van der Waals surface area contributed by atoms with Gasteiger partial charge in [0.25, 0.3) is 0 Å². The smallest absolute Gasteiger partial charge is 0.0110 e. The van der Waals surface area contributed by atoms with Crippen molar-refractivity contribution in [3.63, 3.8) is 0 Å². The molecule has 0 aromatic heterocycles. The zero-order chi connectivity index (χ0) is 10.9. The molecule has 0 saturated carbocycles. The van der Waals surface area contributed by atoms with Crippen LogP contribution in [0.15, 0.2) is 0 Å². The molecule has 1 saturated heterocycles. The molecule has 0 aliphatic carbocycles. The quantitative estimate of drug-likeness (QED) is 0.549. The first-order valence-corrected chi connectivity index (χ1v) is 6.17. The highest BCUT2D eigenvalue weighted by Crippen LogP contribution is 1.95. The van der Waals surface area contributed by atoms with Crippen LogP contribution in [0, 0.1) is 0 Å². The Kier molecular flexibility index (Phi) is 6.92. The predicted molar refractivity (Wildman–Crippen MR) is 65.3 cm³/mol. The molecule has 0 aromatic carbocycles. The second-order valence-electron chi connectivity index (χ2n) is 4.38. The average molecular weight is 214 g/mol. The fourth-order valence-corrected chi connectivity index (χ4v) is 1.80. The van der Waals surface area contributed by atoms with E-state index in [9.17, 15) is 0 Å². The summed E-state index contributed by atoms with van der Waals surface area (Å²) < 4.78 is 0. The normalized spacial score (nSPS) is 23.4. The fraction of sp³-hybridized carbons (Fsp3) is 1.00. The second kappa shape index (κ2) is 8.05. The molecule has 1 aliphatic heterocycles. The maximum absolute atomic E-state index is 3.46. The van der Waals surface area contributed by atoms with Crippen molar-refractivity contribution in [2.24, 2.45) is 0 Å². The van der Waals surface area contributed by atoms with Crippen LogP contribution in [0.2, 0.25) is 0 Å². The van der Waals surface area contributed by atoms with Crippen molar-refractivity contribution < 1.29 is 0 Å². The molecule has 0 aromatic rings. The maximum Gasteiger partial charge on any atom is 0.0110 e. The Balaban J connectivity index is 2.25. The Hall–Kier alpha value is -0.160. The molecule has 15 heavy (non-hydrogen) atoms. The number of hydrogen-bond acceptors (Lipinski definition) is 4. The summed E-state index contributed by atoms with van der Waals surface area (Å²) in [5.74, 6) is 0. The van der Waals surface area contributed by atoms with Crippen molar-refractivity contribution >= 4 is 0 Å². The Bertz CT molecular complexity index is 138. The first-order valence-electron chi connectivity index (χ1n) is 6.17. The molecule has 1 heterocycles. The maximum atomic E-state index is 3.46. The Morgan fingerprint density at radius 3 is 1.53 bits per heavy atom. The zero-order valence-corrected chi connectivity index (χ0v) is 10.2. The minimum Gasteiger partial charge on any atom is -0.314 e. The van der Waals surface area contributed by atoms with Crippen LogP contribution in [0.4, 0.5) is 0 Å². The highest BCUT2D eigenvalue weighted by atomic mass is 15.2. The van der Waals surface area contributed by atoms with Gasteiger partial charge in [-0.1, -0.05) is 0 Å². The molecule has 0 radical (unpaired) electrons.